The summed E-state index contributed by atoms with van der Waals surface area (Å²) in [6.07, 6.45) is 0.164. The Hall–Kier alpha value is -2.28. The van der Waals surface area contributed by atoms with Crippen molar-refractivity contribution in [2.45, 2.75) is 25.9 Å². The molecule has 7 heteroatoms. The first-order valence-corrected chi connectivity index (χ1v) is 6.44. The van der Waals surface area contributed by atoms with E-state index < -0.39 is 0 Å². The van der Waals surface area contributed by atoms with Gasteiger partial charge in [0.05, 0.1) is 11.9 Å². The Bertz CT molecular complexity index is 667. The van der Waals surface area contributed by atoms with Gasteiger partial charge in [0.15, 0.2) is 0 Å². The van der Waals surface area contributed by atoms with Gasteiger partial charge in [-0.1, -0.05) is 17.3 Å². The lowest BCUT2D eigenvalue weighted by atomic mass is 10.2. The smallest absolute Gasteiger partial charge is 0.277 e. The third kappa shape index (κ3) is 3.18. The number of aryl methyl sites for hydroxylation is 1. The first-order chi connectivity index (χ1) is 9.61. The molecule has 1 atom stereocenters. The number of rotatable bonds is 5. The highest BCUT2D eigenvalue weighted by atomic mass is 16.2. The van der Waals surface area contributed by atoms with E-state index in [0.717, 1.165) is 0 Å². The van der Waals surface area contributed by atoms with Crippen molar-refractivity contribution in [2.24, 2.45) is 5.73 Å². The largest absolute Gasteiger partial charge is 0.352 e. The number of hydrogen-bond donors (Lipinski definition) is 2. The van der Waals surface area contributed by atoms with Crippen LogP contribution in [0, 0.1) is 0 Å². The third-order valence-corrected chi connectivity index (χ3v) is 2.94. The lowest BCUT2D eigenvalue weighted by molar-refractivity contribution is -0.121. The molecule has 0 spiro atoms. The predicted octanol–water partition coefficient (Wildman–Crippen LogP) is -0.355. The summed E-state index contributed by atoms with van der Waals surface area (Å²) in [5.41, 5.74) is 5.73. The third-order valence-electron chi connectivity index (χ3n) is 2.94. The first-order valence-electron chi connectivity index (χ1n) is 6.44. The number of carbonyl (C=O) groups excluding carboxylic acids is 1. The summed E-state index contributed by atoms with van der Waals surface area (Å²) in [4.78, 5) is 23.8. The van der Waals surface area contributed by atoms with Crippen LogP contribution < -0.4 is 16.6 Å². The number of fused-ring (bicyclic) bond motifs is 1. The van der Waals surface area contributed by atoms with Gasteiger partial charge in [0.1, 0.15) is 5.52 Å². The Morgan fingerprint density at radius 2 is 2.20 bits per heavy atom. The molecular weight excluding hydrogens is 258 g/mol. The first kappa shape index (κ1) is 14.1. The molecule has 0 saturated heterocycles. The van der Waals surface area contributed by atoms with Crippen molar-refractivity contribution in [1.82, 2.24) is 20.3 Å². The van der Waals surface area contributed by atoms with Gasteiger partial charge < -0.3 is 11.1 Å². The molecule has 0 aliphatic heterocycles. The van der Waals surface area contributed by atoms with Crippen LogP contribution in [0.4, 0.5) is 0 Å². The molecule has 0 saturated carbocycles. The van der Waals surface area contributed by atoms with Crippen LogP contribution in [0.15, 0.2) is 29.1 Å². The monoisotopic (exact) mass is 275 g/mol. The van der Waals surface area contributed by atoms with Crippen molar-refractivity contribution in [3.63, 3.8) is 0 Å². The lowest BCUT2D eigenvalue weighted by Gasteiger charge is -2.11. The molecule has 106 valence electrons. The second-order valence-electron chi connectivity index (χ2n) is 4.59. The average Bonchev–Trinajstić information content (AvgIpc) is 2.46. The molecule has 0 aliphatic rings. The van der Waals surface area contributed by atoms with Gasteiger partial charge in [0.2, 0.25) is 5.91 Å². The van der Waals surface area contributed by atoms with Crippen LogP contribution in [0.2, 0.25) is 0 Å². The Morgan fingerprint density at radius 3 is 2.95 bits per heavy atom. The lowest BCUT2D eigenvalue weighted by Crippen LogP contribution is -2.38. The van der Waals surface area contributed by atoms with Crippen LogP contribution in [0.1, 0.15) is 13.3 Å². The number of benzene rings is 1. The normalized spacial score (nSPS) is 12.3. The summed E-state index contributed by atoms with van der Waals surface area (Å²) >= 11 is 0. The Balaban J connectivity index is 2.09. The van der Waals surface area contributed by atoms with Crippen LogP contribution in [-0.2, 0) is 11.3 Å². The van der Waals surface area contributed by atoms with Gasteiger partial charge in [-0.25, -0.2) is 4.68 Å². The Labute approximate surface area is 115 Å². The second-order valence-corrected chi connectivity index (χ2v) is 4.59. The van der Waals surface area contributed by atoms with Crippen molar-refractivity contribution in [2.75, 3.05) is 6.54 Å². The van der Waals surface area contributed by atoms with Gasteiger partial charge in [0, 0.05) is 19.0 Å². The molecule has 0 unspecified atom stereocenters. The number of carbonyl (C=O) groups is 1. The minimum absolute atomic E-state index is 0.0816. The molecule has 1 heterocycles. The van der Waals surface area contributed by atoms with Gasteiger partial charge in [-0.15, -0.1) is 5.10 Å². The standard InChI is InChI=1S/C13H17N5O2/c1-9(8-14)15-12(19)6-7-18-13(20)10-4-2-3-5-11(10)16-17-18/h2-5,9H,6-8,14H2,1H3,(H,15,19)/t9-/m0/s1. The molecule has 7 nitrogen and oxygen atoms in total. The van der Waals surface area contributed by atoms with Crippen LogP contribution in [-0.4, -0.2) is 33.5 Å². The molecule has 0 fully saturated rings. The maximum atomic E-state index is 12.1. The summed E-state index contributed by atoms with van der Waals surface area (Å²) in [7, 11) is 0. The maximum absolute atomic E-state index is 12.1. The van der Waals surface area contributed by atoms with Gasteiger partial charge in [-0.05, 0) is 19.1 Å². The molecule has 2 rings (SSSR count). The van der Waals surface area contributed by atoms with E-state index in [2.05, 4.69) is 15.6 Å². The van der Waals surface area contributed by atoms with E-state index in [-0.39, 0.29) is 30.5 Å². The molecule has 0 bridgehead atoms. The van der Waals surface area contributed by atoms with Crippen molar-refractivity contribution in [1.29, 1.82) is 0 Å². The maximum Gasteiger partial charge on any atom is 0.277 e. The van der Waals surface area contributed by atoms with Crippen LogP contribution in [0.5, 0.6) is 0 Å². The highest BCUT2D eigenvalue weighted by Crippen LogP contribution is 2.03. The highest BCUT2D eigenvalue weighted by Gasteiger charge is 2.09. The van der Waals surface area contributed by atoms with Gasteiger partial charge >= 0.3 is 0 Å². The number of nitrogens with zero attached hydrogens (tertiary/aromatic N) is 3. The number of aromatic nitrogens is 3. The fourth-order valence-electron chi connectivity index (χ4n) is 1.78. The number of amides is 1. The molecule has 20 heavy (non-hydrogen) atoms. The van der Waals surface area contributed by atoms with Crippen molar-refractivity contribution in [3.8, 4) is 0 Å². The van der Waals surface area contributed by atoms with Crippen molar-refractivity contribution < 1.29 is 4.79 Å². The Kier molecular flexibility index (Phi) is 4.41. The van der Waals surface area contributed by atoms with E-state index in [1.165, 1.54) is 4.68 Å². The second kappa shape index (κ2) is 6.25. The fourth-order valence-corrected chi connectivity index (χ4v) is 1.78. The highest BCUT2D eigenvalue weighted by molar-refractivity contribution is 5.77. The van der Waals surface area contributed by atoms with E-state index in [9.17, 15) is 9.59 Å². The van der Waals surface area contributed by atoms with Gasteiger partial charge in [-0.2, -0.15) is 0 Å². The van der Waals surface area contributed by atoms with Crippen LogP contribution in [0.3, 0.4) is 0 Å². The zero-order valence-corrected chi connectivity index (χ0v) is 11.2. The SMILES string of the molecule is C[C@@H](CN)NC(=O)CCn1nnc2ccccc2c1=O. The molecular formula is C13H17N5O2. The average molecular weight is 275 g/mol. The molecule has 3 N–H and O–H groups in total. The molecule has 2 aromatic rings. The topological polar surface area (TPSA) is 103 Å². The summed E-state index contributed by atoms with van der Waals surface area (Å²) in [5, 5.41) is 11.0. The fraction of sp³-hybridized carbons (Fsp3) is 0.385. The summed E-state index contributed by atoms with van der Waals surface area (Å²) in [5.74, 6) is -0.162. The Morgan fingerprint density at radius 1 is 1.45 bits per heavy atom. The van der Waals surface area contributed by atoms with E-state index in [4.69, 9.17) is 5.73 Å². The van der Waals surface area contributed by atoms with Crippen molar-refractivity contribution >= 4 is 16.8 Å². The summed E-state index contributed by atoms with van der Waals surface area (Å²) < 4.78 is 1.20. The predicted molar refractivity (Wildman–Crippen MR) is 75.1 cm³/mol. The molecule has 1 aromatic heterocycles. The number of hydrogen-bond acceptors (Lipinski definition) is 5. The van der Waals surface area contributed by atoms with Crippen LogP contribution in [0.25, 0.3) is 10.9 Å². The number of nitrogens with two attached hydrogens (primary N) is 1. The zero-order valence-electron chi connectivity index (χ0n) is 11.2. The minimum atomic E-state index is -0.240. The van der Waals surface area contributed by atoms with E-state index in [1.54, 1.807) is 24.3 Å². The van der Waals surface area contributed by atoms with Gasteiger partial charge in [0.25, 0.3) is 5.56 Å². The van der Waals surface area contributed by atoms with E-state index in [0.29, 0.717) is 17.4 Å². The number of nitrogens with one attached hydrogen (secondary N) is 1. The van der Waals surface area contributed by atoms with E-state index >= 15 is 0 Å². The van der Waals surface area contributed by atoms with Crippen LogP contribution >= 0.6 is 0 Å². The molecule has 1 aromatic carbocycles. The molecule has 1 amide bonds. The zero-order chi connectivity index (χ0) is 14.5. The summed E-state index contributed by atoms with van der Waals surface area (Å²) in [6, 6.07) is 6.90. The molecule has 0 radical (unpaired) electrons. The van der Waals surface area contributed by atoms with Crippen molar-refractivity contribution in [3.05, 3.63) is 34.6 Å². The molecule has 0 aliphatic carbocycles. The van der Waals surface area contributed by atoms with E-state index in [1.807, 2.05) is 6.92 Å². The quantitative estimate of drug-likeness (QED) is 0.776. The minimum Gasteiger partial charge on any atom is -0.352 e. The summed E-state index contributed by atoms with van der Waals surface area (Å²) in [6.45, 7) is 2.39. The van der Waals surface area contributed by atoms with Gasteiger partial charge in [-0.3, -0.25) is 9.59 Å².